The molecular formula is C16H19N3S. The van der Waals surface area contributed by atoms with Crippen molar-refractivity contribution in [2.24, 2.45) is 5.41 Å². The summed E-state index contributed by atoms with van der Waals surface area (Å²) in [6.45, 7) is 8.93. The van der Waals surface area contributed by atoms with Crippen LogP contribution in [0.3, 0.4) is 0 Å². The summed E-state index contributed by atoms with van der Waals surface area (Å²) in [4.78, 5) is 7.78. The maximum atomic E-state index is 5.54. The lowest BCUT2D eigenvalue weighted by atomic mass is 9.88. The van der Waals surface area contributed by atoms with Gasteiger partial charge in [0.15, 0.2) is 4.77 Å². The normalized spacial score (nSPS) is 14.0. The van der Waals surface area contributed by atoms with Gasteiger partial charge in [0.05, 0.1) is 22.7 Å². The summed E-state index contributed by atoms with van der Waals surface area (Å²) in [6, 6.07) is 8.51. The first-order chi connectivity index (χ1) is 9.39. The molecule has 3 rings (SSSR count). The van der Waals surface area contributed by atoms with E-state index in [-0.39, 0.29) is 5.41 Å². The highest BCUT2D eigenvalue weighted by Gasteiger charge is 2.24. The van der Waals surface area contributed by atoms with Gasteiger partial charge in [-0.25, -0.2) is 0 Å². The number of H-pyrrole nitrogens is 1. The molecule has 1 unspecified atom stereocenters. The fraction of sp³-hybridized carbons (Fsp3) is 0.375. The molecule has 2 heterocycles. The van der Waals surface area contributed by atoms with Crippen LogP contribution in [0.1, 0.15) is 33.7 Å². The molecule has 2 aromatic heterocycles. The lowest BCUT2D eigenvalue weighted by Gasteiger charge is -2.29. The number of nitrogens with one attached hydrogen (secondary N) is 1. The highest BCUT2D eigenvalue weighted by atomic mass is 32.1. The fourth-order valence-corrected chi connectivity index (χ4v) is 2.87. The molecule has 0 fully saturated rings. The van der Waals surface area contributed by atoms with Gasteiger partial charge in [-0.2, -0.15) is 0 Å². The number of rotatable bonds is 1. The lowest BCUT2D eigenvalue weighted by Crippen LogP contribution is -2.21. The zero-order chi connectivity index (χ0) is 14.5. The molecule has 0 radical (unpaired) electrons. The second-order valence-electron chi connectivity index (χ2n) is 6.38. The van der Waals surface area contributed by atoms with E-state index >= 15 is 0 Å². The number of nitrogens with zero attached hydrogens (tertiary/aromatic N) is 2. The topological polar surface area (TPSA) is 33.6 Å². The summed E-state index contributed by atoms with van der Waals surface area (Å²) >= 11 is 5.54. The second kappa shape index (κ2) is 4.42. The monoisotopic (exact) mass is 285 g/mol. The number of hydrogen-bond acceptors (Lipinski definition) is 2. The minimum Gasteiger partial charge on any atom is -0.329 e. The first kappa shape index (κ1) is 13.3. The maximum Gasteiger partial charge on any atom is 0.178 e. The molecule has 1 atom stereocenters. The Hall–Kier alpha value is -1.68. The average Bonchev–Trinajstić information content (AvgIpc) is 2.73. The van der Waals surface area contributed by atoms with E-state index in [1.54, 1.807) is 0 Å². The van der Waals surface area contributed by atoms with Crippen LogP contribution in [0.15, 0.2) is 30.5 Å². The molecule has 1 N–H and O–H groups in total. The van der Waals surface area contributed by atoms with Gasteiger partial charge in [-0.05, 0) is 30.6 Å². The highest BCUT2D eigenvalue weighted by Crippen LogP contribution is 2.34. The van der Waals surface area contributed by atoms with E-state index in [0.29, 0.717) is 6.04 Å². The Labute approximate surface area is 123 Å². The standard InChI is InChI=1S/C16H19N3S/c1-10(16(2,3)4)19-14-11-7-5-6-8-12(11)17-9-13(14)18-15(19)20/h5-10H,1-4H3,(H,18,20). The van der Waals surface area contributed by atoms with Crippen LogP contribution >= 0.6 is 12.2 Å². The zero-order valence-electron chi connectivity index (χ0n) is 12.3. The molecule has 3 nitrogen and oxygen atoms in total. The summed E-state index contributed by atoms with van der Waals surface area (Å²) in [6.07, 6.45) is 1.87. The van der Waals surface area contributed by atoms with Gasteiger partial charge < -0.3 is 9.55 Å². The van der Waals surface area contributed by atoms with Gasteiger partial charge in [0.1, 0.15) is 0 Å². The number of aromatic nitrogens is 3. The van der Waals surface area contributed by atoms with Gasteiger partial charge in [0, 0.05) is 11.4 Å². The summed E-state index contributed by atoms with van der Waals surface area (Å²) in [5.74, 6) is 0. The number of imidazole rings is 1. The summed E-state index contributed by atoms with van der Waals surface area (Å²) in [7, 11) is 0. The minimum absolute atomic E-state index is 0.137. The van der Waals surface area contributed by atoms with Gasteiger partial charge in [-0.3, -0.25) is 4.98 Å². The van der Waals surface area contributed by atoms with Crippen molar-refractivity contribution in [1.82, 2.24) is 14.5 Å². The molecule has 0 bridgehead atoms. The molecule has 0 spiro atoms. The Kier molecular flexibility index (Phi) is 2.94. The van der Waals surface area contributed by atoms with Gasteiger partial charge in [0.2, 0.25) is 0 Å². The quantitative estimate of drug-likeness (QED) is 0.648. The summed E-state index contributed by atoms with van der Waals surface area (Å²) in [5.41, 5.74) is 3.30. The molecule has 3 aromatic rings. The van der Waals surface area contributed by atoms with Gasteiger partial charge >= 0.3 is 0 Å². The largest absolute Gasteiger partial charge is 0.329 e. The maximum absolute atomic E-state index is 5.54. The number of benzene rings is 1. The van der Waals surface area contributed by atoms with Crippen molar-refractivity contribution in [1.29, 1.82) is 0 Å². The Bertz CT molecular complexity index is 836. The van der Waals surface area contributed by atoms with Crippen molar-refractivity contribution in [3.8, 4) is 0 Å². The van der Waals surface area contributed by atoms with Gasteiger partial charge in [-0.15, -0.1) is 0 Å². The van der Waals surface area contributed by atoms with E-state index in [2.05, 4.69) is 48.3 Å². The second-order valence-corrected chi connectivity index (χ2v) is 6.77. The fourth-order valence-electron chi connectivity index (χ4n) is 2.51. The van der Waals surface area contributed by atoms with Crippen molar-refractivity contribution >= 4 is 34.2 Å². The van der Waals surface area contributed by atoms with E-state index in [1.165, 1.54) is 0 Å². The summed E-state index contributed by atoms with van der Waals surface area (Å²) < 4.78 is 3.00. The molecule has 0 aliphatic carbocycles. The van der Waals surface area contributed by atoms with Crippen molar-refractivity contribution in [2.45, 2.75) is 33.7 Å². The Morgan fingerprint density at radius 2 is 1.95 bits per heavy atom. The van der Waals surface area contributed by atoms with Crippen LogP contribution in [0.25, 0.3) is 21.9 Å². The van der Waals surface area contributed by atoms with Crippen LogP contribution in [0.4, 0.5) is 0 Å². The van der Waals surface area contributed by atoms with Crippen molar-refractivity contribution in [3.05, 3.63) is 35.2 Å². The molecule has 0 aliphatic heterocycles. The predicted octanol–water partition coefficient (Wildman–Crippen LogP) is 4.85. The molecule has 4 heteroatoms. The summed E-state index contributed by atoms with van der Waals surface area (Å²) in [5, 5.41) is 1.15. The van der Waals surface area contributed by atoms with Crippen LogP contribution in [-0.4, -0.2) is 14.5 Å². The number of pyridine rings is 1. The van der Waals surface area contributed by atoms with E-state index in [0.717, 1.165) is 26.7 Å². The Morgan fingerprint density at radius 3 is 2.65 bits per heavy atom. The SMILES string of the molecule is CC(n1c(=S)[nH]c2cnc3ccccc3c21)C(C)(C)C. The Morgan fingerprint density at radius 1 is 1.25 bits per heavy atom. The average molecular weight is 285 g/mol. The number of aromatic amines is 1. The first-order valence-corrected chi connectivity index (χ1v) is 7.28. The minimum atomic E-state index is 0.137. The molecule has 0 saturated carbocycles. The van der Waals surface area contributed by atoms with Crippen molar-refractivity contribution in [2.75, 3.05) is 0 Å². The highest BCUT2D eigenvalue weighted by molar-refractivity contribution is 7.71. The lowest BCUT2D eigenvalue weighted by molar-refractivity contribution is 0.266. The van der Waals surface area contributed by atoms with E-state index in [4.69, 9.17) is 12.2 Å². The third-order valence-corrected chi connectivity index (χ3v) is 4.39. The van der Waals surface area contributed by atoms with Crippen molar-refractivity contribution < 1.29 is 0 Å². The molecule has 20 heavy (non-hydrogen) atoms. The third-order valence-electron chi connectivity index (χ3n) is 4.09. The Balaban J connectivity index is 2.45. The number of para-hydroxylation sites is 1. The van der Waals surface area contributed by atoms with Crippen LogP contribution in [0.2, 0.25) is 0 Å². The molecule has 0 aliphatic rings. The smallest absolute Gasteiger partial charge is 0.178 e. The predicted molar refractivity (Wildman–Crippen MR) is 86.6 cm³/mol. The molecule has 0 amide bonds. The third kappa shape index (κ3) is 1.95. The first-order valence-electron chi connectivity index (χ1n) is 6.87. The van der Waals surface area contributed by atoms with E-state index in [9.17, 15) is 0 Å². The van der Waals surface area contributed by atoms with E-state index in [1.807, 2.05) is 24.4 Å². The van der Waals surface area contributed by atoms with Crippen molar-refractivity contribution in [3.63, 3.8) is 0 Å². The van der Waals surface area contributed by atoms with E-state index < -0.39 is 0 Å². The van der Waals surface area contributed by atoms with Crippen LogP contribution in [0.5, 0.6) is 0 Å². The molecule has 1 aromatic carbocycles. The number of hydrogen-bond donors (Lipinski definition) is 1. The van der Waals surface area contributed by atoms with Gasteiger partial charge in [-0.1, -0.05) is 39.0 Å². The zero-order valence-corrected chi connectivity index (χ0v) is 13.1. The molecular weight excluding hydrogens is 266 g/mol. The molecule has 104 valence electrons. The van der Waals surface area contributed by atoms with Crippen LogP contribution in [0, 0.1) is 10.2 Å². The van der Waals surface area contributed by atoms with Crippen LogP contribution < -0.4 is 0 Å². The number of fused-ring (bicyclic) bond motifs is 3. The molecule has 0 saturated heterocycles. The van der Waals surface area contributed by atoms with Gasteiger partial charge in [0.25, 0.3) is 0 Å². The van der Waals surface area contributed by atoms with Crippen LogP contribution in [-0.2, 0) is 0 Å².